The molecule has 29 heavy (non-hydrogen) atoms. The zero-order chi connectivity index (χ0) is 19.8. The molecule has 0 bridgehead atoms. The fourth-order valence-electron chi connectivity index (χ4n) is 3.51. The third-order valence-corrected chi connectivity index (χ3v) is 4.76. The van der Waals surface area contributed by atoms with Crippen molar-refractivity contribution in [2.24, 2.45) is 0 Å². The Balaban J connectivity index is 1.81. The van der Waals surface area contributed by atoms with E-state index in [9.17, 15) is 4.79 Å². The largest absolute Gasteiger partial charge is 0.426 e. The van der Waals surface area contributed by atoms with Crippen molar-refractivity contribution in [2.75, 3.05) is 0 Å². The lowest BCUT2D eigenvalue weighted by Crippen LogP contribution is -2.02. The molecule has 2 aromatic heterocycles. The van der Waals surface area contributed by atoms with Crippen LogP contribution in [0.1, 0.15) is 6.92 Å². The third-order valence-electron chi connectivity index (χ3n) is 4.76. The summed E-state index contributed by atoms with van der Waals surface area (Å²) in [7, 11) is 0. The fourth-order valence-corrected chi connectivity index (χ4v) is 3.51. The van der Waals surface area contributed by atoms with Crippen molar-refractivity contribution in [3.63, 3.8) is 0 Å². The third kappa shape index (κ3) is 3.02. The number of hydrogen-bond donors (Lipinski definition) is 0. The predicted molar refractivity (Wildman–Crippen MR) is 113 cm³/mol. The van der Waals surface area contributed by atoms with Crippen LogP contribution < -0.4 is 4.74 Å². The van der Waals surface area contributed by atoms with E-state index < -0.39 is 0 Å². The van der Waals surface area contributed by atoms with Gasteiger partial charge >= 0.3 is 5.97 Å². The second kappa shape index (κ2) is 6.87. The lowest BCUT2D eigenvalue weighted by atomic mass is 10.1. The van der Waals surface area contributed by atoms with Crippen LogP contribution in [0, 0.1) is 0 Å². The summed E-state index contributed by atoms with van der Waals surface area (Å²) in [6, 6.07) is 27.4. The van der Waals surface area contributed by atoms with Gasteiger partial charge in [-0.2, -0.15) is 5.10 Å². The van der Waals surface area contributed by atoms with Gasteiger partial charge in [0.1, 0.15) is 5.75 Å². The molecule has 3 aromatic carbocycles. The molecular weight excluding hydrogens is 362 g/mol. The molecule has 0 atom stereocenters. The lowest BCUT2D eigenvalue weighted by Gasteiger charge is -2.07. The van der Waals surface area contributed by atoms with Gasteiger partial charge in [0.05, 0.1) is 27.9 Å². The van der Waals surface area contributed by atoms with Crippen molar-refractivity contribution in [1.82, 2.24) is 14.6 Å². The van der Waals surface area contributed by atoms with Gasteiger partial charge in [-0.05, 0) is 30.3 Å². The quantitative estimate of drug-likeness (QED) is 0.322. The Morgan fingerprint density at radius 2 is 1.59 bits per heavy atom. The summed E-state index contributed by atoms with van der Waals surface area (Å²) in [6.45, 7) is 1.39. The van der Waals surface area contributed by atoms with Crippen LogP contribution in [0.5, 0.6) is 5.75 Å². The molecule has 5 nitrogen and oxygen atoms in total. The smallest absolute Gasteiger partial charge is 0.308 e. The van der Waals surface area contributed by atoms with E-state index in [1.165, 1.54) is 6.92 Å². The summed E-state index contributed by atoms with van der Waals surface area (Å²) < 4.78 is 7.30. The van der Waals surface area contributed by atoms with E-state index in [4.69, 9.17) is 14.8 Å². The number of carbonyl (C=O) groups is 1. The zero-order valence-electron chi connectivity index (χ0n) is 15.7. The Hall–Kier alpha value is -3.99. The summed E-state index contributed by atoms with van der Waals surface area (Å²) >= 11 is 0. The highest BCUT2D eigenvalue weighted by Crippen LogP contribution is 2.33. The van der Waals surface area contributed by atoms with E-state index in [1.807, 2.05) is 83.4 Å². The van der Waals surface area contributed by atoms with Gasteiger partial charge < -0.3 is 4.74 Å². The number of aromatic nitrogens is 3. The molecule has 0 fully saturated rings. The van der Waals surface area contributed by atoms with Gasteiger partial charge in [0.25, 0.3) is 0 Å². The Labute approximate surface area is 167 Å². The molecule has 0 amide bonds. The van der Waals surface area contributed by atoms with E-state index in [2.05, 4.69) is 0 Å². The van der Waals surface area contributed by atoms with Crippen LogP contribution in [-0.4, -0.2) is 20.6 Å². The van der Waals surface area contributed by atoms with E-state index in [0.29, 0.717) is 5.75 Å². The number of nitrogens with zero attached hydrogens (tertiary/aromatic N) is 3. The van der Waals surface area contributed by atoms with Crippen LogP contribution in [0.15, 0.2) is 84.9 Å². The first-order valence-corrected chi connectivity index (χ1v) is 9.32. The zero-order valence-corrected chi connectivity index (χ0v) is 15.7. The summed E-state index contributed by atoms with van der Waals surface area (Å²) in [5.41, 5.74) is 6.02. The highest BCUT2D eigenvalue weighted by Gasteiger charge is 2.16. The molecule has 0 saturated heterocycles. The minimum absolute atomic E-state index is 0.363. The molecular formula is C24H17N3O2. The van der Waals surface area contributed by atoms with Crippen LogP contribution in [0.3, 0.4) is 0 Å². The normalized spacial score (nSPS) is 11.1. The molecule has 5 heteroatoms. The molecule has 140 valence electrons. The second-order valence-corrected chi connectivity index (χ2v) is 6.73. The minimum Gasteiger partial charge on any atom is -0.426 e. The Morgan fingerprint density at radius 3 is 2.41 bits per heavy atom. The van der Waals surface area contributed by atoms with Crippen LogP contribution in [0.25, 0.3) is 39.1 Å². The molecule has 5 rings (SSSR count). The SMILES string of the molecule is CC(=O)Oc1ccccc1-c1cc2c(-c3ccccc3)nc3ccccc3n2n1. The highest BCUT2D eigenvalue weighted by molar-refractivity contribution is 5.89. The Bertz CT molecular complexity index is 1360. The summed E-state index contributed by atoms with van der Waals surface area (Å²) in [5.74, 6) is 0.125. The van der Waals surface area contributed by atoms with E-state index in [1.54, 1.807) is 6.07 Å². The summed E-state index contributed by atoms with van der Waals surface area (Å²) in [5, 5.41) is 4.85. The summed E-state index contributed by atoms with van der Waals surface area (Å²) in [4.78, 5) is 16.4. The van der Waals surface area contributed by atoms with Gasteiger partial charge in [0.2, 0.25) is 0 Å². The number of carbonyl (C=O) groups excluding carboxylic acids is 1. The fraction of sp³-hybridized carbons (Fsp3) is 0.0417. The van der Waals surface area contributed by atoms with E-state index >= 15 is 0 Å². The Kier molecular flexibility index (Phi) is 4.06. The standard InChI is InChI=1S/C24H17N3O2/c1-16(28)29-23-14-8-5-11-18(23)20-15-22-24(17-9-3-2-4-10-17)25-19-12-6-7-13-21(19)27(22)26-20/h2-15H,1H3. The Morgan fingerprint density at radius 1 is 0.862 bits per heavy atom. The minimum atomic E-state index is -0.363. The maximum Gasteiger partial charge on any atom is 0.308 e. The van der Waals surface area contributed by atoms with E-state index in [-0.39, 0.29) is 5.97 Å². The van der Waals surface area contributed by atoms with E-state index in [0.717, 1.165) is 39.1 Å². The van der Waals surface area contributed by atoms with Gasteiger partial charge in [-0.3, -0.25) is 4.79 Å². The number of benzene rings is 3. The first-order chi connectivity index (χ1) is 14.2. The average Bonchev–Trinajstić information content (AvgIpc) is 3.19. The molecule has 0 spiro atoms. The van der Waals surface area contributed by atoms with Crippen molar-refractivity contribution in [3.8, 4) is 28.3 Å². The van der Waals surface area contributed by atoms with Gasteiger partial charge in [-0.1, -0.05) is 54.6 Å². The molecule has 0 unspecified atom stereocenters. The molecule has 0 aliphatic rings. The van der Waals surface area contributed by atoms with Crippen molar-refractivity contribution >= 4 is 22.5 Å². The number of para-hydroxylation sites is 3. The maximum absolute atomic E-state index is 11.5. The molecule has 0 aliphatic carbocycles. The van der Waals surface area contributed by atoms with Crippen molar-refractivity contribution in [3.05, 3.63) is 84.9 Å². The summed E-state index contributed by atoms with van der Waals surface area (Å²) in [6.07, 6.45) is 0. The molecule has 0 N–H and O–H groups in total. The number of ether oxygens (including phenoxy) is 1. The monoisotopic (exact) mass is 379 g/mol. The molecule has 0 radical (unpaired) electrons. The van der Waals surface area contributed by atoms with Crippen LogP contribution in [0.2, 0.25) is 0 Å². The molecule has 0 aliphatic heterocycles. The van der Waals surface area contributed by atoms with Gasteiger partial charge in [0, 0.05) is 18.1 Å². The van der Waals surface area contributed by atoms with Gasteiger partial charge in [-0.25, -0.2) is 9.50 Å². The lowest BCUT2D eigenvalue weighted by molar-refractivity contribution is -0.131. The van der Waals surface area contributed by atoms with Crippen molar-refractivity contribution in [2.45, 2.75) is 6.92 Å². The maximum atomic E-state index is 11.5. The molecule has 5 aromatic rings. The highest BCUT2D eigenvalue weighted by atomic mass is 16.5. The number of esters is 1. The van der Waals surface area contributed by atoms with Gasteiger partial charge in [0.15, 0.2) is 0 Å². The molecule has 0 saturated carbocycles. The van der Waals surface area contributed by atoms with Crippen molar-refractivity contribution in [1.29, 1.82) is 0 Å². The number of rotatable bonds is 3. The predicted octanol–water partition coefficient (Wildman–Crippen LogP) is 5.14. The first kappa shape index (κ1) is 17.1. The topological polar surface area (TPSA) is 56.5 Å². The first-order valence-electron chi connectivity index (χ1n) is 9.32. The number of fused-ring (bicyclic) bond motifs is 3. The van der Waals surface area contributed by atoms with Gasteiger partial charge in [-0.15, -0.1) is 0 Å². The van der Waals surface area contributed by atoms with Crippen molar-refractivity contribution < 1.29 is 9.53 Å². The number of hydrogen-bond acceptors (Lipinski definition) is 4. The average molecular weight is 379 g/mol. The molecule has 2 heterocycles. The second-order valence-electron chi connectivity index (χ2n) is 6.73. The van der Waals surface area contributed by atoms with Crippen LogP contribution in [-0.2, 0) is 4.79 Å². The van der Waals surface area contributed by atoms with Crippen LogP contribution in [0.4, 0.5) is 0 Å². The van der Waals surface area contributed by atoms with Crippen LogP contribution >= 0.6 is 0 Å².